The van der Waals surface area contributed by atoms with Gasteiger partial charge in [0.25, 0.3) is 5.91 Å². The lowest BCUT2D eigenvalue weighted by Crippen LogP contribution is -2.46. The van der Waals surface area contributed by atoms with Gasteiger partial charge < -0.3 is 14.4 Å². The zero-order chi connectivity index (χ0) is 20.4. The maximum atomic E-state index is 12.9. The number of piperidine rings is 1. The molecule has 1 spiro atoms. The highest BCUT2D eigenvalue weighted by Gasteiger charge is 2.41. The van der Waals surface area contributed by atoms with Crippen molar-refractivity contribution in [3.63, 3.8) is 0 Å². The van der Waals surface area contributed by atoms with E-state index in [0.29, 0.717) is 43.0 Å². The molecule has 2 heterocycles. The van der Waals surface area contributed by atoms with E-state index in [2.05, 4.69) is 21.4 Å². The van der Waals surface area contributed by atoms with E-state index < -0.39 is 5.72 Å². The van der Waals surface area contributed by atoms with E-state index in [0.717, 1.165) is 15.9 Å². The monoisotopic (exact) mass is 459 g/mol. The molecule has 2 aromatic rings. The molecule has 0 aliphatic carbocycles. The minimum Gasteiger partial charge on any atom is -0.493 e. The van der Waals surface area contributed by atoms with Gasteiger partial charge in [-0.3, -0.25) is 4.79 Å². The Morgan fingerprint density at radius 1 is 1.10 bits per heavy atom. The molecule has 4 rings (SSSR count). The smallest absolute Gasteiger partial charge is 0.253 e. The summed E-state index contributed by atoms with van der Waals surface area (Å²) in [4.78, 5) is 25.4. The van der Waals surface area contributed by atoms with Crippen molar-refractivity contribution in [3.8, 4) is 11.5 Å². The molecule has 2 aromatic carbocycles. The van der Waals surface area contributed by atoms with E-state index in [-0.39, 0.29) is 5.91 Å². The highest BCUT2D eigenvalue weighted by Crippen LogP contribution is 2.33. The Bertz CT molecular complexity index is 937. The van der Waals surface area contributed by atoms with Gasteiger partial charge in [0.05, 0.1) is 14.2 Å². The molecule has 2 aliphatic rings. The topological polar surface area (TPSA) is 72.4 Å². The van der Waals surface area contributed by atoms with Crippen LogP contribution in [0.5, 0.6) is 11.5 Å². The van der Waals surface area contributed by atoms with Crippen LogP contribution in [0.4, 0.5) is 0 Å². The molecule has 1 fully saturated rings. The standard InChI is InChI=1S/C21H22BrN3O4/c1-27-17-8-5-15(13-18(17)28-2)20(26)25-11-9-21(10-12-25)23-19(24-29-21)14-3-6-16(22)7-4-14/h3-8,13H,9-12H2,1-2H3,(H,23,24). The van der Waals surface area contributed by atoms with Crippen molar-refractivity contribution in [1.29, 1.82) is 0 Å². The van der Waals surface area contributed by atoms with Crippen molar-refractivity contribution in [2.24, 2.45) is 4.99 Å². The number of nitrogens with one attached hydrogen (secondary N) is 1. The number of halogens is 1. The Hall–Kier alpha value is -2.58. The highest BCUT2D eigenvalue weighted by molar-refractivity contribution is 9.10. The van der Waals surface area contributed by atoms with Crippen LogP contribution in [0, 0.1) is 0 Å². The number of amides is 1. The van der Waals surface area contributed by atoms with Gasteiger partial charge in [-0.1, -0.05) is 28.1 Å². The SMILES string of the molecule is COc1ccc(C(=O)N2CCC3(CC2)N=C(c2ccc(Br)cc2)NO3)cc1OC. The number of methoxy groups -OCH3 is 2. The third-order valence-corrected chi connectivity index (χ3v) is 5.76. The minimum atomic E-state index is -0.628. The van der Waals surface area contributed by atoms with Crippen LogP contribution in [0.2, 0.25) is 0 Å². The van der Waals surface area contributed by atoms with E-state index in [9.17, 15) is 4.79 Å². The molecule has 8 heteroatoms. The van der Waals surface area contributed by atoms with Crippen molar-refractivity contribution < 1.29 is 19.1 Å². The second kappa shape index (κ2) is 8.04. The van der Waals surface area contributed by atoms with Gasteiger partial charge in [-0.2, -0.15) is 0 Å². The average molecular weight is 460 g/mol. The maximum Gasteiger partial charge on any atom is 0.253 e. The lowest BCUT2D eigenvalue weighted by Gasteiger charge is -2.35. The van der Waals surface area contributed by atoms with Gasteiger partial charge in [0.15, 0.2) is 23.1 Å². The van der Waals surface area contributed by atoms with Crippen molar-refractivity contribution in [2.75, 3.05) is 27.3 Å². The number of benzene rings is 2. The molecule has 0 unspecified atom stereocenters. The van der Waals surface area contributed by atoms with Gasteiger partial charge in [-0.25, -0.2) is 15.3 Å². The van der Waals surface area contributed by atoms with Gasteiger partial charge >= 0.3 is 0 Å². The Labute approximate surface area is 177 Å². The Morgan fingerprint density at radius 2 is 1.79 bits per heavy atom. The van der Waals surface area contributed by atoms with Crippen molar-refractivity contribution in [3.05, 3.63) is 58.1 Å². The lowest BCUT2D eigenvalue weighted by atomic mass is 10.00. The van der Waals surface area contributed by atoms with E-state index in [4.69, 9.17) is 19.3 Å². The Morgan fingerprint density at radius 3 is 2.45 bits per heavy atom. The summed E-state index contributed by atoms with van der Waals surface area (Å²) in [5, 5.41) is 0. The zero-order valence-electron chi connectivity index (χ0n) is 16.3. The third-order valence-electron chi connectivity index (χ3n) is 5.23. The largest absolute Gasteiger partial charge is 0.493 e. The second-order valence-corrected chi connectivity index (χ2v) is 7.90. The van der Waals surface area contributed by atoms with Crippen LogP contribution in [0.15, 0.2) is 51.9 Å². The average Bonchev–Trinajstić information content (AvgIpc) is 3.17. The number of carbonyl (C=O) groups excluding carboxylic acids is 1. The molecule has 1 saturated heterocycles. The molecule has 29 heavy (non-hydrogen) atoms. The molecule has 152 valence electrons. The molecule has 0 aromatic heterocycles. The molecule has 1 N–H and O–H groups in total. The van der Waals surface area contributed by atoms with Crippen LogP contribution in [0.1, 0.15) is 28.8 Å². The van der Waals surface area contributed by atoms with E-state index in [1.807, 2.05) is 29.2 Å². The van der Waals surface area contributed by atoms with Gasteiger partial charge in [0.1, 0.15) is 0 Å². The third kappa shape index (κ3) is 3.95. The summed E-state index contributed by atoms with van der Waals surface area (Å²) in [6.07, 6.45) is 1.25. The fourth-order valence-corrected chi connectivity index (χ4v) is 3.81. The quantitative estimate of drug-likeness (QED) is 0.758. The lowest BCUT2D eigenvalue weighted by molar-refractivity contribution is -0.0849. The first-order chi connectivity index (χ1) is 14.0. The number of carbonyl (C=O) groups is 1. The molecular weight excluding hydrogens is 438 g/mol. The van der Waals surface area contributed by atoms with E-state index in [1.165, 1.54) is 0 Å². The summed E-state index contributed by atoms with van der Waals surface area (Å²) in [7, 11) is 3.13. The first kappa shape index (κ1) is 19.7. The summed E-state index contributed by atoms with van der Waals surface area (Å²) in [6.45, 7) is 1.12. The number of aliphatic imine (C=N–C) groups is 1. The van der Waals surface area contributed by atoms with Gasteiger partial charge in [-0.15, -0.1) is 0 Å². The van der Waals surface area contributed by atoms with Crippen molar-refractivity contribution >= 4 is 27.7 Å². The summed E-state index contributed by atoms with van der Waals surface area (Å²) >= 11 is 3.44. The summed E-state index contributed by atoms with van der Waals surface area (Å²) in [5.41, 5.74) is 3.87. The van der Waals surface area contributed by atoms with Crippen LogP contribution < -0.4 is 15.0 Å². The number of nitrogens with zero attached hydrogens (tertiary/aromatic N) is 2. The Balaban J connectivity index is 1.44. The van der Waals surface area contributed by atoms with E-state index in [1.54, 1.807) is 32.4 Å². The second-order valence-electron chi connectivity index (χ2n) is 6.98. The molecule has 0 radical (unpaired) electrons. The van der Waals surface area contributed by atoms with Crippen LogP contribution in [-0.2, 0) is 4.84 Å². The number of amidine groups is 1. The minimum absolute atomic E-state index is 0.0381. The molecule has 0 saturated carbocycles. The van der Waals surface area contributed by atoms with Gasteiger partial charge in [0.2, 0.25) is 0 Å². The maximum absolute atomic E-state index is 12.9. The van der Waals surface area contributed by atoms with Crippen LogP contribution >= 0.6 is 15.9 Å². The summed E-state index contributed by atoms with van der Waals surface area (Å²) in [6, 6.07) is 13.1. The molecule has 7 nitrogen and oxygen atoms in total. The Kier molecular flexibility index (Phi) is 5.47. The summed E-state index contributed by atoms with van der Waals surface area (Å²) < 4.78 is 11.6. The van der Waals surface area contributed by atoms with Crippen molar-refractivity contribution in [1.82, 2.24) is 10.4 Å². The molecule has 0 atom stereocenters. The van der Waals surface area contributed by atoms with Crippen molar-refractivity contribution in [2.45, 2.75) is 18.6 Å². The predicted octanol–water partition coefficient (Wildman–Crippen LogP) is 3.38. The van der Waals surface area contributed by atoms with Crippen LogP contribution in [0.3, 0.4) is 0 Å². The molecule has 1 amide bonds. The fraction of sp³-hybridized carbons (Fsp3) is 0.333. The number of hydroxylamine groups is 1. The number of hydrogen-bond donors (Lipinski definition) is 1. The van der Waals surface area contributed by atoms with Crippen LogP contribution in [0.25, 0.3) is 0 Å². The number of rotatable bonds is 4. The first-order valence-electron chi connectivity index (χ1n) is 9.35. The van der Waals surface area contributed by atoms with Crippen LogP contribution in [-0.4, -0.2) is 49.7 Å². The van der Waals surface area contributed by atoms with Gasteiger partial charge in [-0.05, 0) is 30.3 Å². The molecular formula is C21H22BrN3O4. The number of ether oxygens (including phenoxy) is 2. The van der Waals surface area contributed by atoms with E-state index >= 15 is 0 Å². The normalized spacial score (nSPS) is 17.6. The van der Waals surface area contributed by atoms with Gasteiger partial charge in [0, 0.05) is 41.5 Å². The summed E-state index contributed by atoms with van der Waals surface area (Å²) in [5.74, 6) is 1.82. The first-order valence-corrected chi connectivity index (χ1v) is 10.1. The number of likely N-dealkylation sites (tertiary alicyclic amines) is 1. The fourth-order valence-electron chi connectivity index (χ4n) is 3.55. The zero-order valence-corrected chi connectivity index (χ0v) is 17.9. The number of hydrogen-bond acceptors (Lipinski definition) is 6. The highest BCUT2D eigenvalue weighted by atomic mass is 79.9. The predicted molar refractivity (Wildman–Crippen MR) is 112 cm³/mol. The molecule has 2 aliphatic heterocycles. The molecule has 0 bridgehead atoms.